The molecule has 7 rings (SSSR count). The van der Waals surface area contributed by atoms with E-state index in [-0.39, 0.29) is 61.5 Å². The van der Waals surface area contributed by atoms with Crippen LogP contribution in [0, 0.1) is 11.2 Å². The maximum absolute atomic E-state index is 15.8. The van der Waals surface area contributed by atoms with Crippen molar-refractivity contribution in [2.45, 2.75) is 122 Å². The first kappa shape index (κ1) is 41.9. The zero-order valence-corrected chi connectivity index (χ0v) is 33.6. The molecule has 1 saturated heterocycles. The minimum Gasteiger partial charge on any atom is -0.497 e. The van der Waals surface area contributed by atoms with Crippen LogP contribution in [0.25, 0.3) is 0 Å². The second-order valence-electron chi connectivity index (χ2n) is 16.8. The lowest BCUT2D eigenvalue weighted by molar-refractivity contribution is -0.137. The van der Waals surface area contributed by atoms with Crippen LogP contribution in [0.2, 0.25) is 0 Å². The first-order valence-corrected chi connectivity index (χ1v) is 20.3. The number of fused-ring (bicyclic) bond motifs is 1. The van der Waals surface area contributed by atoms with Gasteiger partial charge in [-0.25, -0.2) is 23.1 Å². The lowest BCUT2D eigenvalue weighted by atomic mass is 9.68. The second kappa shape index (κ2) is 17.2. The van der Waals surface area contributed by atoms with Gasteiger partial charge in [0.25, 0.3) is 0 Å². The maximum atomic E-state index is 15.8. The molecule has 2 aliphatic carbocycles. The zero-order chi connectivity index (χ0) is 41.2. The van der Waals surface area contributed by atoms with Gasteiger partial charge in [0.15, 0.2) is 0 Å². The summed E-state index contributed by atoms with van der Waals surface area (Å²) in [6.45, 7) is 8.80. The average Bonchev–Trinajstić information content (AvgIpc) is 3.19. The first-order valence-electron chi connectivity index (χ1n) is 20.3. The summed E-state index contributed by atoms with van der Waals surface area (Å²) in [6.07, 6.45) is 0.812. The third-order valence-corrected chi connectivity index (χ3v) is 12.0. The van der Waals surface area contributed by atoms with Crippen molar-refractivity contribution >= 4 is 5.95 Å². The number of alkyl halides is 5. The fourth-order valence-corrected chi connectivity index (χ4v) is 8.95. The molecule has 2 aromatic carbocycles. The van der Waals surface area contributed by atoms with Gasteiger partial charge in [0, 0.05) is 79.8 Å². The van der Waals surface area contributed by atoms with E-state index in [1.807, 2.05) is 31.2 Å². The molecular weight excluding hydrogens is 759 g/mol. The Morgan fingerprint density at radius 2 is 1.55 bits per heavy atom. The topological polar surface area (TPSA) is 69.6 Å². The summed E-state index contributed by atoms with van der Waals surface area (Å²) in [5, 5.41) is 0. The largest absolute Gasteiger partial charge is 0.497 e. The van der Waals surface area contributed by atoms with E-state index in [1.165, 1.54) is 6.07 Å². The van der Waals surface area contributed by atoms with Crippen LogP contribution in [0.3, 0.4) is 0 Å². The van der Waals surface area contributed by atoms with Gasteiger partial charge >= 0.3 is 6.18 Å². The molecule has 2 aromatic heterocycles. The number of pyridine rings is 1. The fourth-order valence-electron chi connectivity index (χ4n) is 8.95. The molecule has 1 aliphatic heterocycles. The van der Waals surface area contributed by atoms with Crippen molar-refractivity contribution in [2.75, 3.05) is 31.7 Å². The molecule has 2 fully saturated rings. The molecule has 1 saturated carbocycles. The van der Waals surface area contributed by atoms with Crippen LogP contribution in [-0.2, 0) is 41.7 Å². The van der Waals surface area contributed by atoms with Crippen molar-refractivity contribution in [3.8, 4) is 5.75 Å². The van der Waals surface area contributed by atoms with Gasteiger partial charge in [-0.2, -0.15) is 13.2 Å². The van der Waals surface area contributed by atoms with Crippen LogP contribution in [0.15, 0.2) is 54.9 Å². The number of hydrogen-bond acceptors (Lipinski definition) is 7. The van der Waals surface area contributed by atoms with Crippen molar-refractivity contribution in [2.24, 2.45) is 5.41 Å². The Bertz CT molecular complexity index is 2020. The molecule has 0 radical (unpaired) electrons. The monoisotopic (exact) mass is 810 g/mol. The molecule has 0 unspecified atom stereocenters. The minimum atomic E-state index is -4.71. The summed E-state index contributed by atoms with van der Waals surface area (Å²) in [6, 6.07) is 10.3. The Kier molecular flexibility index (Phi) is 12.4. The van der Waals surface area contributed by atoms with Crippen LogP contribution in [0.5, 0.6) is 5.75 Å². The molecule has 3 aliphatic rings. The third-order valence-electron chi connectivity index (χ3n) is 12.0. The molecule has 0 N–H and O–H groups in total. The minimum absolute atomic E-state index is 0.0268. The Morgan fingerprint density at radius 3 is 2.17 bits per heavy atom. The highest BCUT2D eigenvalue weighted by molar-refractivity contribution is 5.50. The number of halogens is 6. The molecule has 1 atom stereocenters. The van der Waals surface area contributed by atoms with E-state index >= 15 is 4.39 Å². The van der Waals surface area contributed by atoms with Gasteiger partial charge in [0.1, 0.15) is 11.6 Å². The Labute approximate surface area is 336 Å². The van der Waals surface area contributed by atoms with Gasteiger partial charge in [-0.3, -0.25) is 4.98 Å². The van der Waals surface area contributed by atoms with Crippen LogP contribution in [0.1, 0.15) is 134 Å². The standard InChI is InChI=1S/C45H52F6N4O3/c1-5-57-26-29-24-52-42(53-25-29)55-18-14-31(15-19-55)41-35(20-32-8-9-33(21-36(32)46)45(49,50)51)39(30-12-16-44(47,48)17-13-30)40-37(54-41)22-43(2,3)23-38(40)58-27-28-6-10-34(56-4)11-7-28/h6-11,21,24-25,30-31,38H,5,12-20,22-23,26-27H2,1-4H3/t38-/m0/s1. The smallest absolute Gasteiger partial charge is 0.416 e. The number of hydrogen-bond donors (Lipinski definition) is 0. The van der Waals surface area contributed by atoms with Gasteiger partial charge < -0.3 is 19.1 Å². The van der Waals surface area contributed by atoms with Crippen molar-refractivity contribution in [1.29, 1.82) is 0 Å². The van der Waals surface area contributed by atoms with Crippen LogP contribution in [-0.4, -0.2) is 47.7 Å². The lowest BCUT2D eigenvalue weighted by Crippen LogP contribution is -2.36. The second-order valence-corrected chi connectivity index (χ2v) is 16.8. The van der Waals surface area contributed by atoms with Gasteiger partial charge in [0.05, 0.1) is 32.0 Å². The summed E-state index contributed by atoms with van der Waals surface area (Å²) in [5.74, 6) is -2.82. The Morgan fingerprint density at radius 1 is 0.862 bits per heavy atom. The molecule has 3 heterocycles. The van der Waals surface area contributed by atoms with Crippen molar-refractivity contribution in [3.05, 3.63) is 111 Å². The van der Waals surface area contributed by atoms with E-state index in [9.17, 15) is 22.0 Å². The Balaban J connectivity index is 1.32. The molecule has 4 aromatic rings. The highest BCUT2D eigenvalue weighted by Gasteiger charge is 2.43. The summed E-state index contributed by atoms with van der Waals surface area (Å²) < 4.78 is 104. The average molecular weight is 811 g/mol. The molecule has 0 spiro atoms. The molecule has 58 heavy (non-hydrogen) atoms. The van der Waals surface area contributed by atoms with Crippen molar-refractivity contribution in [1.82, 2.24) is 15.0 Å². The van der Waals surface area contributed by atoms with Gasteiger partial charge in [-0.05, 0) is 103 Å². The molecule has 7 nitrogen and oxygen atoms in total. The van der Waals surface area contributed by atoms with Gasteiger partial charge in [0.2, 0.25) is 11.9 Å². The van der Waals surface area contributed by atoms with E-state index in [0.29, 0.717) is 64.0 Å². The van der Waals surface area contributed by atoms with E-state index < -0.39 is 29.6 Å². The van der Waals surface area contributed by atoms with E-state index in [4.69, 9.17) is 19.2 Å². The maximum Gasteiger partial charge on any atom is 0.416 e. The normalized spacial score (nSPS) is 19.9. The number of nitrogens with zero attached hydrogens (tertiary/aromatic N) is 4. The SMILES string of the molecule is CCOCc1cnc(N2CCC(c3nc4c(c(C5CCC(F)(F)CC5)c3Cc3ccc(C(F)(F)F)cc3F)[C@@H](OCc3ccc(OC)cc3)CC(C)(C)C4)CC2)nc1. The number of rotatable bonds is 12. The lowest BCUT2D eigenvalue weighted by Gasteiger charge is -2.42. The third kappa shape index (κ3) is 9.62. The summed E-state index contributed by atoms with van der Waals surface area (Å²) >= 11 is 0. The molecular formula is C45H52F6N4O3. The highest BCUT2D eigenvalue weighted by Crippen LogP contribution is 2.52. The quantitative estimate of drug-likeness (QED) is 0.132. The van der Waals surface area contributed by atoms with Crippen molar-refractivity contribution in [3.63, 3.8) is 0 Å². The van der Waals surface area contributed by atoms with Crippen molar-refractivity contribution < 1.29 is 40.6 Å². The number of benzene rings is 2. The number of anilines is 1. The van der Waals surface area contributed by atoms with Crippen LogP contribution < -0.4 is 9.64 Å². The molecule has 0 bridgehead atoms. The van der Waals surface area contributed by atoms with E-state index in [1.54, 1.807) is 19.5 Å². The van der Waals surface area contributed by atoms with Crippen LogP contribution >= 0.6 is 0 Å². The summed E-state index contributed by atoms with van der Waals surface area (Å²) in [7, 11) is 1.60. The predicted octanol–water partition coefficient (Wildman–Crippen LogP) is 11.1. The fraction of sp³-hybridized carbons (Fsp3) is 0.533. The van der Waals surface area contributed by atoms with Gasteiger partial charge in [-0.1, -0.05) is 32.0 Å². The van der Waals surface area contributed by atoms with Gasteiger partial charge in [-0.15, -0.1) is 0 Å². The number of aromatic nitrogens is 3. The highest BCUT2D eigenvalue weighted by atomic mass is 19.4. The molecule has 0 amide bonds. The van der Waals surface area contributed by atoms with Crippen LogP contribution in [0.4, 0.5) is 32.3 Å². The summed E-state index contributed by atoms with van der Waals surface area (Å²) in [5.41, 5.74) is 4.70. The first-order chi connectivity index (χ1) is 27.6. The zero-order valence-electron chi connectivity index (χ0n) is 33.6. The predicted molar refractivity (Wildman–Crippen MR) is 209 cm³/mol. The number of ether oxygens (including phenoxy) is 3. The summed E-state index contributed by atoms with van der Waals surface area (Å²) in [4.78, 5) is 16.8. The Hall–Kier alpha value is -4.23. The van der Waals surface area contributed by atoms with E-state index in [2.05, 4.69) is 28.7 Å². The number of piperidine rings is 1. The molecule has 312 valence electrons. The number of methoxy groups -OCH3 is 1. The van der Waals surface area contributed by atoms with E-state index in [0.717, 1.165) is 51.0 Å². The molecule has 13 heteroatoms.